The standard InChI is InChI=1S/C22H19Cl2N5O5S3/c23-11-3-4-12(24)13(6-11)36-9-15(31)26-17-19(32)29-18(21(33)34)10(8-37-20(17)29)2-1-5-35-16-7-14(30)27-22(25)28-16/h1-4,6-7,17,20H,5,8-9H2,(H,26,31)(H,33,34)(H3,25,27,28,30)/t17-,20-/m1/s1. The summed E-state index contributed by atoms with van der Waals surface area (Å²) in [5, 5.41) is 22.9. The molecular formula is C22H19Cl2N5O5S3. The Kier molecular flexibility index (Phi) is 8.80. The van der Waals surface area contributed by atoms with Crippen molar-refractivity contribution in [3.63, 3.8) is 0 Å². The number of nitrogens with zero attached hydrogens (tertiary/aromatic N) is 3. The summed E-state index contributed by atoms with van der Waals surface area (Å²) in [5.41, 5.74) is 5.88. The quantitative estimate of drug-likeness (QED) is 0.190. The smallest absolute Gasteiger partial charge is 0.352 e. The summed E-state index contributed by atoms with van der Waals surface area (Å²) < 4.78 is 0. The van der Waals surface area contributed by atoms with E-state index in [1.165, 1.54) is 46.3 Å². The molecule has 5 N–H and O–H groups in total. The second-order valence-corrected chi connectivity index (χ2v) is 11.6. The van der Waals surface area contributed by atoms with Crippen LogP contribution in [0.15, 0.2) is 57.6 Å². The number of β-lactam (4-membered cyclic amide) rings is 1. The van der Waals surface area contributed by atoms with Gasteiger partial charge in [-0.3, -0.25) is 14.5 Å². The average Bonchev–Trinajstić information content (AvgIpc) is 2.84. The van der Waals surface area contributed by atoms with Gasteiger partial charge in [-0.15, -0.1) is 35.3 Å². The summed E-state index contributed by atoms with van der Waals surface area (Å²) >= 11 is 15.9. The van der Waals surface area contributed by atoms with E-state index in [9.17, 15) is 24.6 Å². The molecule has 3 heterocycles. The van der Waals surface area contributed by atoms with Crippen molar-refractivity contribution < 1.29 is 24.6 Å². The Hall–Kier alpha value is -2.58. The van der Waals surface area contributed by atoms with E-state index in [1.54, 1.807) is 30.4 Å². The molecule has 2 aliphatic heterocycles. The van der Waals surface area contributed by atoms with Crippen LogP contribution in [-0.4, -0.2) is 71.5 Å². The minimum absolute atomic E-state index is 0.0181. The highest BCUT2D eigenvalue weighted by molar-refractivity contribution is 8.00. The van der Waals surface area contributed by atoms with E-state index in [-0.39, 0.29) is 29.2 Å². The largest absolute Gasteiger partial charge is 0.493 e. The molecule has 1 fully saturated rings. The van der Waals surface area contributed by atoms with Crippen molar-refractivity contribution in [1.29, 1.82) is 0 Å². The third-order valence-corrected chi connectivity index (χ3v) is 9.02. The lowest BCUT2D eigenvalue weighted by atomic mass is 10.0. The van der Waals surface area contributed by atoms with Gasteiger partial charge in [-0.05, 0) is 23.8 Å². The monoisotopic (exact) mass is 599 g/mol. The van der Waals surface area contributed by atoms with E-state index in [0.717, 1.165) is 0 Å². The molecule has 0 saturated carbocycles. The fourth-order valence-corrected chi connectivity index (χ4v) is 6.88. The van der Waals surface area contributed by atoms with Crippen molar-refractivity contribution in [2.75, 3.05) is 23.0 Å². The Bertz CT molecular complexity index is 1310. The van der Waals surface area contributed by atoms with E-state index < -0.39 is 23.3 Å². The Morgan fingerprint density at radius 3 is 2.78 bits per heavy atom. The Morgan fingerprint density at radius 1 is 1.27 bits per heavy atom. The summed E-state index contributed by atoms with van der Waals surface area (Å²) in [5.74, 6) is -1.60. The molecule has 2 aliphatic rings. The van der Waals surface area contributed by atoms with Gasteiger partial charge in [0.2, 0.25) is 17.7 Å². The van der Waals surface area contributed by atoms with Crippen LogP contribution in [0.25, 0.3) is 0 Å². The van der Waals surface area contributed by atoms with Gasteiger partial charge >= 0.3 is 5.97 Å². The fourth-order valence-electron chi connectivity index (χ4n) is 3.55. The summed E-state index contributed by atoms with van der Waals surface area (Å²) in [6.07, 6.45) is 3.38. The van der Waals surface area contributed by atoms with Crippen LogP contribution in [0.1, 0.15) is 0 Å². The number of aromatic nitrogens is 2. The number of aliphatic carboxylic acids is 1. The Labute approximate surface area is 234 Å². The average molecular weight is 601 g/mol. The number of carboxylic acids is 1. The molecule has 0 bridgehead atoms. The molecule has 2 atom stereocenters. The van der Waals surface area contributed by atoms with Crippen molar-refractivity contribution in [1.82, 2.24) is 20.2 Å². The van der Waals surface area contributed by atoms with E-state index in [2.05, 4.69) is 15.3 Å². The van der Waals surface area contributed by atoms with Gasteiger partial charge in [0, 0.05) is 27.5 Å². The topological polar surface area (TPSA) is 159 Å². The first kappa shape index (κ1) is 27.5. The number of halogens is 2. The predicted octanol–water partition coefficient (Wildman–Crippen LogP) is 3.25. The SMILES string of the molecule is Nc1nc(O)cc(SCC=CC2=C(C(=O)O)N3C(=O)[C@@H](NC(=O)CSc4cc(Cl)ccc4Cl)[C@H]3SC2)n1. The molecule has 0 radical (unpaired) electrons. The maximum absolute atomic E-state index is 12.8. The zero-order valence-electron chi connectivity index (χ0n) is 18.8. The lowest BCUT2D eigenvalue weighted by Gasteiger charge is -2.49. The molecule has 0 unspecified atom stereocenters. The number of hydrogen-bond donors (Lipinski definition) is 4. The molecular weight excluding hydrogens is 581 g/mol. The molecule has 1 saturated heterocycles. The first-order valence-electron chi connectivity index (χ1n) is 10.5. The highest BCUT2D eigenvalue weighted by Gasteiger charge is 2.53. The summed E-state index contributed by atoms with van der Waals surface area (Å²) in [6, 6.07) is 5.48. The van der Waals surface area contributed by atoms with Crippen molar-refractivity contribution in [2.45, 2.75) is 21.3 Å². The minimum atomic E-state index is -1.23. The molecule has 4 rings (SSSR count). The Balaban J connectivity index is 1.36. The summed E-state index contributed by atoms with van der Waals surface area (Å²) in [4.78, 5) is 46.7. The number of carbonyl (C=O) groups is 3. The first-order valence-corrected chi connectivity index (χ1v) is 14.3. The number of carbonyl (C=O) groups excluding carboxylic acids is 2. The molecule has 2 aromatic rings. The van der Waals surface area contributed by atoms with Crippen LogP contribution in [-0.2, 0) is 14.4 Å². The molecule has 15 heteroatoms. The van der Waals surface area contributed by atoms with Crippen molar-refractivity contribution in [2.24, 2.45) is 0 Å². The number of hydrogen-bond acceptors (Lipinski definition) is 10. The number of aromatic hydroxyl groups is 1. The fraction of sp³-hybridized carbons (Fsp3) is 0.227. The highest BCUT2D eigenvalue weighted by atomic mass is 35.5. The van der Waals surface area contributed by atoms with Crippen molar-refractivity contribution >= 4 is 82.2 Å². The number of nitrogens with one attached hydrogen (secondary N) is 1. The maximum atomic E-state index is 12.8. The number of benzene rings is 1. The van der Waals surface area contributed by atoms with Crippen LogP contribution < -0.4 is 11.1 Å². The van der Waals surface area contributed by atoms with E-state index in [0.29, 0.717) is 37.0 Å². The van der Waals surface area contributed by atoms with Crippen LogP contribution >= 0.6 is 58.5 Å². The van der Waals surface area contributed by atoms with Crippen LogP contribution in [0.2, 0.25) is 10.0 Å². The van der Waals surface area contributed by atoms with Gasteiger partial charge in [0.25, 0.3) is 5.91 Å². The summed E-state index contributed by atoms with van der Waals surface area (Å²) in [6.45, 7) is 0. The van der Waals surface area contributed by atoms with Crippen molar-refractivity contribution in [3.8, 4) is 5.88 Å². The van der Waals surface area contributed by atoms with E-state index in [1.807, 2.05) is 0 Å². The number of amides is 2. The number of anilines is 1. The van der Waals surface area contributed by atoms with Gasteiger partial charge in [-0.2, -0.15) is 4.98 Å². The lowest BCUT2D eigenvalue weighted by Crippen LogP contribution is -2.70. The normalized spacial score (nSPS) is 19.1. The third-order valence-electron chi connectivity index (χ3n) is 5.12. The maximum Gasteiger partial charge on any atom is 0.352 e. The minimum Gasteiger partial charge on any atom is -0.493 e. The third kappa shape index (κ3) is 6.47. The molecule has 37 heavy (non-hydrogen) atoms. The zero-order valence-corrected chi connectivity index (χ0v) is 22.7. The van der Waals surface area contributed by atoms with Crippen LogP contribution in [0.4, 0.5) is 5.95 Å². The number of nitrogen functional groups attached to an aromatic ring is 1. The predicted molar refractivity (Wildman–Crippen MR) is 145 cm³/mol. The molecule has 1 aromatic carbocycles. The zero-order chi connectivity index (χ0) is 26.7. The summed E-state index contributed by atoms with van der Waals surface area (Å²) in [7, 11) is 0. The highest BCUT2D eigenvalue weighted by Crippen LogP contribution is 2.41. The van der Waals surface area contributed by atoms with Crippen LogP contribution in [0.5, 0.6) is 5.88 Å². The number of fused-ring (bicyclic) bond motifs is 1. The second kappa shape index (κ2) is 11.9. The van der Waals surface area contributed by atoms with Crippen molar-refractivity contribution in [3.05, 3.63) is 57.7 Å². The Morgan fingerprint density at radius 2 is 2.05 bits per heavy atom. The molecule has 194 valence electrons. The van der Waals surface area contributed by atoms with Gasteiger partial charge in [0.15, 0.2) is 0 Å². The number of nitrogens with two attached hydrogens (primary N) is 1. The number of allylic oxidation sites excluding steroid dienone is 1. The van der Waals surface area contributed by atoms with Crippen LogP contribution in [0.3, 0.4) is 0 Å². The van der Waals surface area contributed by atoms with Gasteiger partial charge in [0.05, 0.1) is 10.8 Å². The van der Waals surface area contributed by atoms with Gasteiger partial charge < -0.3 is 21.3 Å². The molecule has 10 nitrogen and oxygen atoms in total. The van der Waals surface area contributed by atoms with E-state index >= 15 is 0 Å². The number of carboxylic acid groups (broad SMARTS) is 1. The molecule has 0 aliphatic carbocycles. The molecule has 2 amide bonds. The number of thioether (sulfide) groups is 3. The molecule has 1 aromatic heterocycles. The van der Waals surface area contributed by atoms with Crippen LogP contribution in [0, 0.1) is 0 Å². The van der Waals surface area contributed by atoms with Gasteiger partial charge in [-0.1, -0.05) is 35.4 Å². The van der Waals surface area contributed by atoms with Gasteiger partial charge in [-0.25, -0.2) is 9.78 Å². The number of rotatable bonds is 9. The lowest BCUT2D eigenvalue weighted by molar-refractivity contribution is -0.150. The molecule has 0 spiro atoms. The van der Waals surface area contributed by atoms with E-state index in [4.69, 9.17) is 28.9 Å². The first-order chi connectivity index (χ1) is 17.6. The van der Waals surface area contributed by atoms with Gasteiger partial charge in [0.1, 0.15) is 22.1 Å². The second-order valence-electron chi connectivity index (χ2n) is 7.63.